The molecule has 0 aliphatic heterocycles. The van der Waals surface area contributed by atoms with Crippen LogP contribution in [0.4, 0.5) is 0 Å². The quantitative estimate of drug-likeness (QED) is 0.728. The van der Waals surface area contributed by atoms with Gasteiger partial charge in [-0.25, -0.2) is 0 Å². The number of carboxylic acid groups (broad SMARTS) is 1. The minimum absolute atomic E-state index is 0.0639. The molecule has 0 saturated heterocycles. The molecule has 1 aliphatic rings. The van der Waals surface area contributed by atoms with Crippen LogP contribution >= 0.6 is 0 Å². The largest absolute Gasteiger partial charge is 0.480 e. The van der Waals surface area contributed by atoms with Crippen molar-refractivity contribution in [2.24, 2.45) is 11.7 Å². The Bertz CT molecular complexity index is 244. The van der Waals surface area contributed by atoms with E-state index in [1.54, 1.807) is 0 Å². The van der Waals surface area contributed by atoms with E-state index in [-0.39, 0.29) is 12.0 Å². The molecule has 94 valence electrons. The van der Waals surface area contributed by atoms with Crippen LogP contribution in [-0.2, 0) is 9.53 Å². The van der Waals surface area contributed by atoms with E-state index in [0.717, 1.165) is 25.7 Å². The SMILES string of the molecule is CCC(C)OCCC1CCCC1(N)C(=O)O. The fourth-order valence-electron chi connectivity index (χ4n) is 2.32. The second-order valence-corrected chi connectivity index (χ2v) is 4.81. The third-order valence-electron chi connectivity index (χ3n) is 3.71. The molecule has 4 nitrogen and oxygen atoms in total. The minimum atomic E-state index is -1.02. The van der Waals surface area contributed by atoms with Gasteiger partial charge in [0.25, 0.3) is 0 Å². The lowest BCUT2D eigenvalue weighted by molar-refractivity contribution is -0.145. The molecule has 0 bridgehead atoms. The summed E-state index contributed by atoms with van der Waals surface area (Å²) in [6, 6.07) is 0. The summed E-state index contributed by atoms with van der Waals surface area (Å²) in [6.45, 7) is 4.72. The van der Waals surface area contributed by atoms with E-state index >= 15 is 0 Å². The van der Waals surface area contributed by atoms with E-state index < -0.39 is 11.5 Å². The predicted octanol–water partition coefficient (Wildman–Crippen LogP) is 1.77. The van der Waals surface area contributed by atoms with Crippen LogP contribution < -0.4 is 5.73 Å². The zero-order chi connectivity index (χ0) is 12.2. The zero-order valence-electron chi connectivity index (χ0n) is 10.2. The average molecular weight is 229 g/mol. The smallest absolute Gasteiger partial charge is 0.323 e. The van der Waals surface area contributed by atoms with E-state index in [0.29, 0.717) is 13.0 Å². The minimum Gasteiger partial charge on any atom is -0.480 e. The van der Waals surface area contributed by atoms with Crippen molar-refractivity contribution in [2.45, 2.75) is 57.6 Å². The molecule has 1 saturated carbocycles. The second kappa shape index (κ2) is 5.64. The van der Waals surface area contributed by atoms with Gasteiger partial charge in [-0.15, -0.1) is 0 Å². The molecule has 1 rings (SSSR count). The Morgan fingerprint density at radius 1 is 1.69 bits per heavy atom. The van der Waals surface area contributed by atoms with Crippen LogP contribution in [0.2, 0.25) is 0 Å². The number of hydrogen-bond acceptors (Lipinski definition) is 3. The number of rotatable bonds is 6. The van der Waals surface area contributed by atoms with Gasteiger partial charge < -0.3 is 15.6 Å². The first-order valence-corrected chi connectivity index (χ1v) is 6.14. The molecule has 0 amide bonds. The Balaban J connectivity index is 2.39. The maximum absolute atomic E-state index is 11.1. The Hall–Kier alpha value is -0.610. The van der Waals surface area contributed by atoms with Gasteiger partial charge in [-0.3, -0.25) is 4.79 Å². The number of carboxylic acids is 1. The highest BCUT2D eigenvalue weighted by molar-refractivity contribution is 5.79. The Labute approximate surface area is 97.2 Å². The fraction of sp³-hybridized carbons (Fsp3) is 0.917. The molecule has 0 heterocycles. The Kier molecular flexibility index (Phi) is 4.74. The predicted molar refractivity (Wildman–Crippen MR) is 62.2 cm³/mol. The Morgan fingerprint density at radius 3 is 2.94 bits per heavy atom. The van der Waals surface area contributed by atoms with Crippen LogP contribution in [0, 0.1) is 5.92 Å². The highest BCUT2D eigenvalue weighted by Gasteiger charge is 2.45. The standard InChI is InChI=1S/C12H23NO3/c1-3-9(2)16-8-6-10-5-4-7-12(10,13)11(14)15/h9-10H,3-8,13H2,1-2H3,(H,14,15). The Morgan fingerprint density at radius 2 is 2.38 bits per heavy atom. The van der Waals surface area contributed by atoms with E-state index in [9.17, 15) is 4.79 Å². The molecule has 1 fully saturated rings. The fourth-order valence-corrected chi connectivity index (χ4v) is 2.32. The highest BCUT2D eigenvalue weighted by Crippen LogP contribution is 2.36. The lowest BCUT2D eigenvalue weighted by Gasteiger charge is -2.27. The molecule has 4 heteroatoms. The monoisotopic (exact) mass is 229 g/mol. The normalized spacial score (nSPS) is 31.6. The molecule has 3 N–H and O–H groups in total. The zero-order valence-corrected chi connectivity index (χ0v) is 10.2. The lowest BCUT2D eigenvalue weighted by atomic mass is 9.86. The van der Waals surface area contributed by atoms with Crippen molar-refractivity contribution in [3.05, 3.63) is 0 Å². The van der Waals surface area contributed by atoms with Crippen molar-refractivity contribution in [3.63, 3.8) is 0 Å². The van der Waals surface area contributed by atoms with Gasteiger partial charge in [0.1, 0.15) is 5.54 Å². The first-order valence-electron chi connectivity index (χ1n) is 6.14. The van der Waals surface area contributed by atoms with Crippen molar-refractivity contribution in [3.8, 4) is 0 Å². The van der Waals surface area contributed by atoms with Crippen molar-refractivity contribution in [2.75, 3.05) is 6.61 Å². The highest BCUT2D eigenvalue weighted by atomic mass is 16.5. The van der Waals surface area contributed by atoms with E-state index in [1.807, 2.05) is 6.92 Å². The summed E-state index contributed by atoms with van der Waals surface area (Å²) >= 11 is 0. The lowest BCUT2D eigenvalue weighted by Crippen LogP contribution is -2.51. The first-order chi connectivity index (χ1) is 7.50. The topological polar surface area (TPSA) is 72.5 Å². The number of nitrogens with two attached hydrogens (primary N) is 1. The maximum atomic E-state index is 11.1. The summed E-state index contributed by atoms with van der Waals surface area (Å²) in [6.07, 6.45) is 4.41. The van der Waals surface area contributed by atoms with Crippen LogP contribution in [0.25, 0.3) is 0 Å². The molecule has 16 heavy (non-hydrogen) atoms. The van der Waals surface area contributed by atoms with Gasteiger partial charge >= 0.3 is 5.97 Å². The van der Waals surface area contributed by atoms with Crippen molar-refractivity contribution >= 4 is 5.97 Å². The van der Waals surface area contributed by atoms with Crippen LogP contribution in [0.3, 0.4) is 0 Å². The summed E-state index contributed by atoms with van der Waals surface area (Å²) in [7, 11) is 0. The number of hydrogen-bond donors (Lipinski definition) is 2. The summed E-state index contributed by atoms with van der Waals surface area (Å²) in [4.78, 5) is 11.1. The molecule has 0 aromatic carbocycles. The number of ether oxygens (including phenoxy) is 1. The maximum Gasteiger partial charge on any atom is 0.323 e. The molecule has 3 atom stereocenters. The molecule has 3 unspecified atom stereocenters. The molecule has 0 radical (unpaired) electrons. The van der Waals surface area contributed by atoms with Crippen molar-refractivity contribution in [1.29, 1.82) is 0 Å². The van der Waals surface area contributed by atoms with E-state index in [4.69, 9.17) is 15.6 Å². The summed E-state index contributed by atoms with van der Waals surface area (Å²) in [5.74, 6) is -0.799. The molecule has 0 spiro atoms. The van der Waals surface area contributed by atoms with Gasteiger partial charge in [0, 0.05) is 6.61 Å². The van der Waals surface area contributed by atoms with Crippen LogP contribution in [0.5, 0.6) is 0 Å². The van der Waals surface area contributed by atoms with Crippen LogP contribution in [-0.4, -0.2) is 29.3 Å². The third kappa shape index (κ3) is 2.95. The summed E-state index contributed by atoms with van der Waals surface area (Å²) in [5.41, 5.74) is 4.93. The van der Waals surface area contributed by atoms with Crippen molar-refractivity contribution < 1.29 is 14.6 Å². The average Bonchev–Trinajstić information content (AvgIpc) is 2.61. The molecular weight excluding hydrogens is 206 g/mol. The number of aliphatic carboxylic acids is 1. The van der Waals surface area contributed by atoms with Crippen LogP contribution in [0.15, 0.2) is 0 Å². The van der Waals surface area contributed by atoms with Crippen molar-refractivity contribution in [1.82, 2.24) is 0 Å². The molecular formula is C12H23NO3. The van der Waals surface area contributed by atoms with Gasteiger partial charge in [0.2, 0.25) is 0 Å². The molecule has 0 aromatic heterocycles. The van der Waals surface area contributed by atoms with Gasteiger partial charge in [-0.05, 0) is 38.5 Å². The summed E-state index contributed by atoms with van der Waals surface area (Å²) in [5, 5.41) is 9.13. The first kappa shape index (κ1) is 13.5. The molecule has 0 aromatic rings. The van der Waals surface area contributed by atoms with Gasteiger partial charge in [0.15, 0.2) is 0 Å². The van der Waals surface area contributed by atoms with Gasteiger partial charge in [-0.2, -0.15) is 0 Å². The third-order valence-corrected chi connectivity index (χ3v) is 3.71. The van der Waals surface area contributed by atoms with Gasteiger partial charge in [0.05, 0.1) is 6.10 Å². The molecule has 1 aliphatic carbocycles. The van der Waals surface area contributed by atoms with Crippen LogP contribution in [0.1, 0.15) is 46.0 Å². The van der Waals surface area contributed by atoms with E-state index in [2.05, 4.69) is 6.92 Å². The van der Waals surface area contributed by atoms with E-state index in [1.165, 1.54) is 0 Å². The number of carbonyl (C=O) groups is 1. The van der Waals surface area contributed by atoms with Gasteiger partial charge in [-0.1, -0.05) is 13.3 Å². The second-order valence-electron chi connectivity index (χ2n) is 4.81. The summed E-state index contributed by atoms with van der Waals surface area (Å²) < 4.78 is 5.58.